The van der Waals surface area contributed by atoms with E-state index in [-0.39, 0.29) is 0 Å². The van der Waals surface area contributed by atoms with Crippen molar-refractivity contribution in [2.45, 2.75) is 24.9 Å². The lowest BCUT2D eigenvalue weighted by Gasteiger charge is -2.39. The van der Waals surface area contributed by atoms with Gasteiger partial charge in [-0.25, -0.2) is 0 Å². The Morgan fingerprint density at radius 3 is 3.06 bits per heavy atom. The molecule has 2 heterocycles. The number of hydrogen-bond acceptors (Lipinski definition) is 4. The highest BCUT2D eigenvalue weighted by molar-refractivity contribution is 7.10. The second kappa shape index (κ2) is 5.96. The zero-order chi connectivity index (χ0) is 12.3. The molecule has 0 saturated carbocycles. The van der Waals surface area contributed by atoms with E-state index >= 15 is 0 Å². The molecule has 1 aliphatic rings. The normalized spacial score (nSPS) is 24.1. The molecule has 3 nitrogen and oxygen atoms in total. The average molecular weight is 253 g/mol. The van der Waals surface area contributed by atoms with Crippen molar-refractivity contribution in [2.75, 3.05) is 33.7 Å². The van der Waals surface area contributed by atoms with Crippen molar-refractivity contribution in [2.24, 2.45) is 5.73 Å². The maximum atomic E-state index is 5.96. The number of rotatable bonds is 4. The number of nitrogens with two attached hydrogens (primary N) is 1. The van der Waals surface area contributed by atoms with E-state index in [1.165, 1.54) is 30.8 Å². The summed E-state index contributed by atoms with van der Waals surface area (Å²) in [6.45, 7) is 3.10. The summed E-state index contributed by atoms with van der Waals surface area (Å²) >= 11 is 1.81. The van der Waals surface area contributed by atoms with E-state index < -0.39 is 0 Å². The first-order chi connectivity index (χ1) is 8.22. The van der Waals surface area contributed by atoms with Crippen molar-refractivity contribution in [3.05, 3.63) is 22.4 Å². The molecule has 0 radical (unpaired) electrons. The van der Waals surface area contributed by atoms with Gasteiger partial charge < -0.3 is 10.6 Å². The fourth-order valence-corrected chi connectivity index (χ4v) is 3.58. The molecule has 0 aliphatic carbocycles. The minimum absolute atomic E-state index is 0.381. The highest BCUT2D eigenvalue weighted by Gasteiger charge is 2.26. The second-order valence-electron chi connectivity index (χ2n) is 4.99. The van der Waals surface area contributed by atoms with Crippen LogP contribution in [0.25, 0.3) is 0 Å². The highest BCUT2D eigenvalue weighted by Crippen LogP contribution is 2.27. The van der Waals surface area contributed by atoms with Crippen LogP contribution in [0.5, 0.6) is 0 Å². The minimum atomic E-state index is 0.381. The Balaban J connectivity index is 2.04. The first kappa shape index (κ1) is 13.0. The van der Waals surface area contributed by atoms with Crippen LogP contribution in [0.4, 0.5) is 0 Å². The Labute approximate surface area is 108 Å². The highest BCUT2D eigenvalue weighted by atomic mass is 32.1. The van der Waals surface area contributed by atoms with Gasteiger partial charge in [0.2, 0.25) is 0 Å². The number of thiophene rings is 1. The van der Waals surface area contributed by atoms with Crippen LogP contribution in [0.1, 0.15) is 23.8 Å². The van der Waals surface area contributed by atoms with Crippen LogP contribution in [-0.4, -0.2) is 49.6 Å². The third-order valence-electron chi connectivity index (χ3n) is 3.76. The Hall–Kier alpha value is -0.420. The lowest BCUT2D eigenvalue weighted by atomic mass is 10.0. The number of hydrogen-bond donors (Lipinski definition) is 1. The quantitative estimate of drug-likeness (QED) is 0.888. The van der Waals surface area contributed by atoms with E-state index in [4.69, 9.17) is 5.73 Å². The third kappa shape index (κ3) is 3.07. The molecule has 0 bridgehead atoms. The molecule has 1 aromatic heterocycles. The van der Waals surface area contributed by atoms with Crippen LogP contribution in [0.15, 0.2) is 17.5 Å². The van der Waals surface area contributed by atoms with E-state index in [9.17, 15) is 0 Å². The van der Waals surface area contributed by atoms with E-state index in [1.807, 2.05) is 11.3 Å². The summed E-state index contributed by atoms with van der Waals surface area (Å²) in [5.41, 5.74) is 5.96. The van der Waals surface area contributed by atoms with Crippen LogP contribution in [-0.2, 0) is 0 Å². The van der Waals surface area contributed by atoms with Gasteiger partial charge in [0.25, 0.3) is 0 Å². The molecule has 4 heteroatoms. The summed E-state index contributed by atoms with van der Waals surface area (Å²) in [5.74, 6) is 0. The van der Waals surface area contributed by atoms with Crippen molar-refractivity contribution < 1.29 is 0 Å². The molecule has 1 aliphatic heterocycles. The zero-order valence-electron chi connectivity index (χ0n) is 10.8. The summed E-state index contributed by atoms with van der Waals surface area (Å²) in [6, 6.07) is 5.34. The van der Waals surface area contributed by atoms with E-state index in [0.29, 0.717) is 18.6 Å². The maximum absolute atomic E-state index is 5.96. The molecule has 1 fully saturated rings. The molecule has 0 spiro atoms. The molecule has 2 unspecified atom stereocenters. The van der Waals surface area contributed by atoms with Gasteiger partial charge in [0.1, 0.15) is 0 Å². The van der Waals surface area contributed by atoms with Gasteiger partial charge >= 0.3 is 0 Å². The van der Waals surface area contributed by atoms with E-state index in [1.54, 1.807) is 0 Å². The van der Waals surface area contributed by atoms with Crippen molar-refractivity contribution in [3.8, 4) is 0 Å². The van der Waals surface area contributed by atoms with Gasteiger partial charge in [-0.15, -0.1) is 11.3 Å². The summed E-state index contributed by atoms with van der Waals surface area (Å²) in [6.07, 6.45) is 2.59. The molecule has 17 heavy (non-hydrogen) atoms. The molecule has 0 amide bonds. The molecule has 0 aromatic carbocycles. The Bertz CT molecular complexity index is 325. The smallest absolute Gasteiger partial charge is 0.0564 e. The van der Waals surface area contributed by atoms with E-state index in [0.717, 1.165) is 0 Å². The molecule has 2 N–H and O–H groups in total. The van der Waals surface area contributed by atoms with Crippen LogP contribution in [0.2, 0.25) is 0 Å². The predicted molar refractivity (Wildman–Crippen MR) is 74.4 cm³/mol. The standard InChI is InChI=1S/C13H23N3S/c1-15-7-3-5-11(10-15)16(2)12(9-14)13-6-4-8-17-13/h4,6,8,11-12H,3,5,7,9-10,14H2,1-2H3. The van der Waals surface area contributed by atoms with Gasteiger partial charge in [0, 0.05) is 24.0 Å². The molecule has 1 aromatic rings. The second-order valence-corrected chi connectivity index (χ2v) is 5.97. The fraction of sp³-hybridized carbons (Fsp3) is 0.692. The lowest BCUT2D eigenvalue weighted by Crippen LogP contribution is -2.47. The predicted octanol–water partition coefficient (Wildman–Crippen LogP) is 1.77. The Kier molecular flexibility index (Phi) is 4.56. The van der Waals surface area contributed by atoms with Gasteiger partial charge in [-0.3, -0.25) is 4.90 Å². The topological polar surface area (TPSA) is 32.5 Å². The first-order valence-corrected chi connectivity index (χ1v) is 7.24. The van der Waals surface area contributed by atoms with Crippen LogP contribution < -0.4 is 5.73 Å². The third-order valence-corrected chi connectivity index (χ3v) is 4.74. The summed E-state index contributed by atoms with van der Waals surface area (Å²) in [7, 11) is 4.43. The number of nitrogens with zero attached hydrogens (tertiary/aromatic N) is 2. The van der Waals surface area contributed by atoms with Crippen molar-refractivity contribution in [3.63, 3.8) is 0 Å². The SMILES string of the molecule is CN1CCCC(N(C)C(CN)c2cccs2)C1. The van der Waals surface area contributed by atoms with Crippen molar-refractivity contribution in [1.29, 1.82) is 0 Å². The molecule has 1 saturated heterocycles. The minimum Gasteiger partial charge on any atom is -0.329 e. The van der Waals surface area contributed by atoms with Gasteiger partial charge in [0.15, 0.2) is 0 Å². The fourth-order valence-electron chi connectivity index (χ4n) is 2.69. The molecule has 2 atom stereocenters. The van der Waals surface area contributed by atoms with Crippen LogP contribution in [0.3, 0.4) is 0 Å². The number of likely N-dealkylation sites (tertiary alicyclic amines) is 1. The van der Waals surface area contributed by atoms with Gasteiger partial charge in [0.05, 0.1) is 6.04 Å². The largest absolute Gasteiger partial charge is 0.329 e. The first-order valence-electron chi connectivity index (χ1n) is 6.36. The summed E-state index contributed by atoms with van der Waals surface area (Å²) in [4.78, 5) is 6.29. The molecule has 96 valence electrons. The summed E-state index contributed by atoms with van der Waals surface area (Å²) < 4.78 is 0. The Morgan fingerprint density at radius 2 is 2.47 bits per heavy atom. The molecular weight excluding hydrogens is 230 g/mol. The van der Waals surface area contributed by atoms with Gasteiger partial charge in [-0.2, -0.15) is 0 Å². The van der Waals surface area contributed by atoms with Gasteiger partial charge in [-0.1, -0.05) is 6.07 Å². The van der Waals surface area contributed by atoms with Crippen molar-refractivity contribution in [1.82, 2.24) is 9.80 Å². The zero-order valence-corrected chi connectivity index (χ0v) is 11.6. The monoisotopic (exact) mass is 253 g/mol. The van der Waals surface area contributed by atoms with Crippen LogP contribution >= 0.6 is 11.3 Å². The Morgan fingerprint density at radius 1 is 1.65 bits per heavy atom. The molecule has 2 rings (SSSR count). The van der Waals surface area contributed by atoms with Gasteiger partial charge in [-0.05, 0) is 44.9 Å². The maximum Gasteiger partial charge on any atom is 0.0564 e. The number of likely N-dealkylation sites (N-methyl/N-ethyl adjacent to an activating group) is 2. The number of piperidine rings is 1. The lowest BCUT2D eigenvalue weighted by molar-refractivity contribution is 0.102. The van der Waals surface area contributed by atoms with E-state index in [2.05, 4.69) is 41.4 Å². The molecular formula is C13H23N3S. The summed E-state index contributed by atoms with van der Waals surface area (Å²) in [5, 5.41) is 2.14. The average Bonchev–Trinajstić information content (AvgIpc) is 2.83. The van der Waals surface area contributed by atoms with Crippen LogP contribution in [0, 0.1) is 0 Å². The van der Waals surface area contributed by atoms with Crippen molar-refractivity contribution >= 4 is 11.3 Å².